The first kappa shape index (κ1) is 13.1. The summed E-state index contributed by atoms with van der Waals surface area (Å²) < 4.78 is 5.01. The Morgan fingerprint density at radius 1 is 1.26 bits per heavy atom. The van der Waals surface area contributed by atoms with E-state index in [9.17, 15) is 19.7 Å². The Kier molecular flexibility index (Phi) is 3.79. The minimum atomic E-state index is -0.702. The van der Waals surface area contributed by atoms with Gasteiger partial charge in [-0.3, -0.25) is 19.7 Å². The van der Waals surface area contributed by atoms with Gasteiger partial charge < -0.3 is 14.2 Å². The summed E-state index contributed by atoms with van der Waals surface area (Å²) in [5.74, 6) is -0.494. The van der Waals surface area contributed by atoms with Crippen LogP contribution in [0.2, 0.25) is 0 Å². The molecule has 8 nitrogen and oxygen atoms in total. The zero-order valence-electron chi connectivity index (χ0n) is 10.2. The maximum absolute atomic E-state index is 11.9. The molecule has 0 unspecified atom stereocenters. The van der Waals surface area contributed by atoms with Crippen molar-refractivity contribution < 1.29 is 18.9 Å². The number of hydrogen-bond donors (Lipinski definition) is 0. The second-order valence-electron chi connectivity index (χ2n) is 4.14. The zero-order chi connectivity index (χ0) is 13.8. The molecular weight excluding hydrogens is 254 g/mol. The lowest BCUT2D eigenvalue weighted by atomic mass is 10.3. The lowest BCUT2D eigenvalue weighted by molar-refractivity contribution is -0.468. The highest BCUT2D eigenvalue weighted by atomic mass is 16.6. The molecule has 0 atom stereocenters. The molecule has 1 aromatic rings. The van der Waals surface area contributed by atoms with Gasteiger partial charge in [0, 0.05) is 31.1 Å². The van der Waals surface area contributed by atoms with Gasteiger partial charge in [-0.15, -0.1) is 0 Å². The number of furan rings is 1. The highest BCUT2D eigenvalue weighted by Crippen LogP contribution is 2.09. The summed E-state index contributed by atoms with van der Waals surface area (Å²) >= 11 is 0. The molecule has 102 valence electrons. The zero-order valence-corrected chi connectivity index (χ0v) is 10.2. The van der Waals surface area contributed by atoms with E-state index in [-0.39, 0.29) is 11.7 Å². The van der Waals surface area contributed by atoms with Gasteiger partial charge in [-0.05, 0) is 12.1 Å². The van der Waals surface area contributed by atoms with E-state index in [2.05, 4.69) is 0 Å². The van der Waals surface area contributed by atoms with Gasteiger partial charge in [0.25, 0.3) is 18.4 Å². The van der Waals surface area contributed by atoms with Gasteiger partial charge >= 0.3 is 0 Å². The molecule has 19 heavy (non-hydrogen) atoms. The summed E-state index contributed by atoms with van der Waals surface area (Å²) in [6, 6.07) is 3.21. The molecule has 0 N–H and O–H groups in total. The predicted octanol–water partition coefficient (Wildman–Crippen LogP) is -0.159. The Hall–Kier alpha value is -2.38. The Morgan fingerprint density at radius 3 is 2.42 bits per heavy atom. The number of piperazine rings is 1. The van der Waals surface area contributed by atoms with Gasteiger partial charge in [0.15, 0.2) is 5.76 Å². The van der Waals surface area contributed by atoms with E-state index in [1.807, 2.05) is 0 Å². The highest BCUT2D eigenvalue weighted by molar-refractivity contribution is 5.91. The van der Waals surface area contributed by atoms with Gasteiger partial charge in [-0.25, -0.2) is 0 Å². The second-order valence-corrected chi connectivity index (χ2v) is 4.14. The van der Waals surface area contributed by atoms with E-state index >= 15 is 0 Å². The van der Waals surface area contributed by atoms with Gasteiger partial charge in [0.2, 0.25) is 0 Å². The Labute approximate surface area is 108 Å². The number of nitro groups is 1. The van der Waals surface area contributed by atoms with Gasteiger partial charge in [0.05, 0.1) is 6.26 Å². The first-order chi connectivity index (χ1) is 9.08. The van der Waals surface area contributed by atoms with Crippen LogP contribution in [0.3, 0.4) is 0 Å². The third kappa shape index (κ3) is 3.09. The molecule has 1 aromatic heterocycles. The summed E-state index contributed by atoms with van der Waals surface area (Å²) in [5, 5.41) is 10.3. The van der Waals surface area contributed by atoms with Crippen LogP contribution in [0.5, 0.6) is 0 Å². The average molecular weight is 267 g/mol. The van der Waals surface area contributed by atoms with Gasteiger partial charge in [0.1, 0.15) is 0 Å². The number of nitrogens with zero attached hydrogens (tertiary/aromatic N) is 3. The van der Waals surface area contributed by atoms with Crippen LogP contribution >= 0.6 is 0 Å². The van der Waals surface area contributed by atoms with Crippen molar-refractivity contribution in [2.45, 2.75) is 0 Å². The van der Waals surface area contributed by atoms with E-state index < -0.39 is 17.4 Å². The Bertz CT molecular complexity index is 477. The molecule has 2 rings (SSSR count). The topological polar surface area (TPSA) is 96.9 Å². The first-order valence-electron chi connectivity index (χ1n) is 5.80. The van der Waals surface area contributed by atoms with Crippen LogP contribution in [-0.4, -0.2) is 59.3 Å². The molecule has 0 radical (unpaired) electrons. The molecule has 0 aliphatic carbocycles. The van der Waals surface area contributed by atoms with Crippen molar-refractivity contribution in [3.8, 4) is 0 Å². The standard InChI is InChI=1S/C11H13N3O5/c15-10(8-14(17)18)12-3-5-13(6-4-12)11(16)9-2-1-7-19-9/h1-2,7H,3-6,8H2. The van der Waals surface area contributed by atoms with Crippen LogP contribution in [0.1, 0.15) is 10.6 Å². The molecule has 1 aliphatic heterocycles. The van der Waals surface area contributed by atoms with Crippen molar-refractivity contribution in [1.29, 1.82) is 0 Å². The Balaban J connectivity index is 1.87. The number of carbonyl (C=O) groups is 2. The lowest BCUT2D eigenvalue weighted by Gasteiger charge is -2.33. The van der Waals surface area contributed by atoms with Crippen molar-refractivity contribution >= 4 is 11.8 Å². The van der Waals surface area contributed by atoms with Crippen molar-refractivity contribution in [1.82, 2.24) is 9.80 Å². The summed E-state index contributed by atoms with van der Waals surface area (Å²) in [4.78, 5) is 36.0. The van der Waals surface area contributed by atoms with E-state index in [1.165, 1.54) is 11.2 Å². The normalized spacial score (nSPS) is 15.4. The SMILES string of the molecule is O=C(C[N+](=O)[O-])N1CCN(C(=O)c2ccco2)CC1. The molecule has 0 spiro atoms. The fraction of sp³-hybridized carbons (Fsp3) is 0.455. The summed E-state index contributed by atoms with van der Waals surface area (Å²) in [6.07, 6.45) is 1.42. The third-order valence-corrected chi connectivity index (χ3v) is 2.92. The summed E-state index contributed by atoms with van der Waals surface area (Å²) in [7, 11) is 0. The average Bonchev–Trinajstić information content (AvgIpc) is 2.91. The molecule has 1 saturated heterocycles. The molecule has 2 heterocycles. The largest absolute Gasteiger partial charge is 0.459 e. The van der Waals surface area contributed by atoms with Crippen LogP contribution < -0.4 is 0 Å². The second kappa shape index (κ2) is 5.51. The molecule has 8 heteroatoms. The number of amides is 2. The van der Waals surface area contributed by atoms with Gasteiger partial charge in [-0.1, -0.05) is 0 Å². The lowest BCUT2D eigenvalue weighted by Crippen LogP contribution is -2.51. The van der Waals surface area contributed by atoms with E-state index in [0.29, 0.717) is 26.2 Å². The molecule has 0 bridgehead atoms. The van der Waals surface area contributed by atoms with Crippen molar-refractivity contribution in [2.24, 2.45) is 0 Å². The molecule has 2 amide bonds. The fourth-order valence-corrected chi connectivity index (χ4v) is 1.93. The maximum atomic E-state index is 11.9. The van der Waals surface area contributed by atoms with Crippen LogP contribution in [0.15, 0.2) is 22.8 Å². The van der Waals surface area contributed by atoms with Crippen LogP contribution in [0, 0.1) is 10.1 Å². The van der Waals surface area contributed by atoms with E-state index in [1.54, 1.807) is 17.0 Å². The van der Waals surface area contributed by atoms with Crippen LogP contribution in [0.4, 0.5) is 0 Å². The fourth-order valence-electron chi connectivity index (χ4n) is 1.93. The molecule has 1 fully saturated rings. The number of carbonyl (C=O) groups excluding carboxylic acids is 2. The third-order valence-electron chi connectivity index (χ3n) is 2.92. The van der Waals surface area contributed by atoms with Crippen LogP contribution in [0.25, 0.3) is 0 Å². The summed E-state index contributed by atoms with van der Waals surface area (Å²) in [6.45, 7) is 0.607. The van der Waals surface area contributed by atoms with E-state index in [4.69, 9.17) is 4.42 Å². The number of rotatable bonds is 3. The summed E-state index contributed by atoms with van der Waals surface area (Å²) in [5.41, 5.74) is 0. The van der Waals surface area contributed by atoms with E-state index in [0.717, 1.165) is 0 Å². The van der Waals surface area contributed by atoms with Gasteiger partial charge in [-0.2, -0.15) is 0 Å². The maximum Gasteiger partial charge on any atom is 0.294 e. The molecule has 0 aromatic carbocycles. The highest BCUT2D eigenvalue weighted by Gasteiger charge is 2.27. The quantitative estimate of drug-likeness (QED) is 0.560. The van der Waals surface area contributed by atoms with Crippen LogP contribution in [-0.2, 0) is 4.79 Å². The smallest absolute Gasteiger partial charge is 0.294 e. The first-order valence-corrected chi connectivity index (χ1v) is 5.80. The minimum absolute atomic E-state index is 0.230. The Morgan fingerprint density at radius 2 is 1.89 bits per heavy atom. The molecule has 0 saturated carbocycles. The minimum Gasteiger partial charge on any atom is -0.459 e. The van der Waals surface area contributed by atoms with Crippen molar-refractivity contribution in [2.75, 3.05) is 32.7 Å². The van der Waals surface area contributed by atoms with Crippen molar-refractivity contribution in [3.63, 3.8) is 0 Å². The monoisotopic (exact) mass is 267 g/mol. The number of hydrogen-bond acceptors (Lipinski definition) is 5. The molecular formula is C11H13N3O5. The van der Waals surface area contributed by atoms with Crippen molar-refractivity contribution in [3.05, 3.63) is 34.3 Å². The predicted molar refractivity (Wildman–Crippen MR) is 63.1 cm³/mol. The molecule has 1 aliphatic rings.